The Hall–Kier alpha value is -3.68. The minimum absolute atomic E-state index is 0.0282. The Morgan fingerprint density at radius 1 is 1.04 bits per heavy atom. The summed E-state index contributed by atoms with van der Waals surface area (Å²) in [5, 5.41) is 2.62. The number of hydrogen-bond acceptors (Lipinski definition) is 7. The van der Waals surface area contributed by atoms with Crippen LogP contribution in [0, 0.1) is 0 Å². The Morgan fingerprint density at radius 3 is 2.56 bits per heavy atom. The number of rotatable bonds is 6. The van der Waals surface area contributed by atoms with Crippen molar-refractivity contribution in [2.45, 2.75) is 0 Å². The molecule has 0 aliphatic carbocycles. The lowest BCUT2D eigenvalue weighted by molar-refractivity contribution is -0.119. The summed E-state index contributed by atoms with van der Waals surface area (Å²) in [6.07, 6.45) is 1.31. The molecule has 1 amide bonds. The van der Waals surface area contributed by atoms with Crippen molar-refractivity contribution in [2.24, 2.45) is 0 Å². The molecule has 0 bridgehead atoms. The normalized spacial score (nSPS) is 10.3. The third kappa shape index (κ3) is 4.30. The number of anilines is 1. The number of aromatic nitrogens is 2. The summed E-state index contributed by atoms with van der Waals surface area (Å²) >= 11 is 0. The average molecular weight is 367 g/mol. The van der Waals surface area contributed by atoms with Gasteiger partial charge < -0.3 is 19.5 Å². The topological polar surface area (TPSA) is 99.6 Å². The molecular weight excluding hydrogens is 350 g/mol. The number of carbonyl (C=O) groups excluding carboxylic acids is 2. The lowest BCUT2D eigenvalue weighted by atomic mass is 10.2. The van der Waals surface area contributed by atoms with Crippen LogP contribution in [0.5, 0.6) is 11.5 Å². The molecule has 3 aromatic rings. The van der Waals surface area contributed by atoms with Crippen LogP contribution in [0.4, 0.5) is 5.69 Å². The minimum Gasteiger partial charge on any atom is -0.497 e. The van der Waals surface area contributed by atoms with Gasteiger partial charge in [-0.25, -0.2) is 9.78 Å². The van der Waals surface area contributed by atoms with E-state index in [2.05, 4.69) is 15.3 Å². The monoisotopic (exact) mass is 367 g/mol. The number of methoxy groups -OCH3 is 2. The second kappa shape index (κ2) is 8.13. The number of esters is 1. The Bertz CT molecular complexity index is 990. The van der Waals surface area contributed by atoms with E-state index in [4.69, 9.17) is 14.2 Å². The first-order chi connectivity index (χ1) is 13.1. The molecule has 138 valence electrons. The molecule has 8 nitrogen and oxygen atoms in total. The van der Waals surface area contributed by atoms with Crippen molar-refractivity contribution in [3.8, 4) is 11.5 Å². The van der Waals surface area contributed by atoms with Crippen LogP contribution in [0.25, 0.3) is 11.0 Å². The highest BCUT2D eigenvalue weighted by molar-refractivity contribution is 5.96. The molecular formula is C19H17N3O5. The Balaban J connectivity index is 1.63. The standard InChI is InChI=1S/C19H17N3O5/c1-25-12-7-8-17(26-2)15(9-12)22-18(23)11-27-19(24)16-10-20-13-5-3-4-6-14(13)21-16/h3-10H,11H2,1-2H3,(H,22,23). The van der Waals surface area contributed by atoms with Crippen LogP contribution in [-0.4, -0.2) is 42.7 Å². The first kappa shape index (κ1) is 18.1. The maximum atomic E-state index is 12.1. The summed E-state index contributed by atoms with van der Waals surface area (Å²) in [4.78, 5) is 32.6. The van der Waals surface area contributed by atoms with Crippen LogP contribution >= 0.6 is 0 Å². The summed E-state index contributed by atoms with van der Waals surface area (Å²) < 4.78 is 15.3. The van der Waals surface area contributed by atoms with Gasteiger partial charge in [0, 0.05) is 6.07 Å². The Labute approximate surface area is 155 Å². The number of benzene rings is 2. The van der Waals surface area contributed by atoms with Crippen molar-refractivity contribution < 1.29 is 23.8 Å². The van der Waals surface area contributed by atoms with E-state index in [0.29, 0.717) is 28.2 Å². The Kier molecular flexibility index (Phi) is 5.46. The fourth-order valence-corrected chi connectivity index (χ4v) is 2.36. The summed E-state index contributed by atoms with van der Waals surface area (Å²) in [6, 6.07) is 12.1. The summed E-state index contributed by atoms with van der Waals surface area (Å²) in [7, 11) is 3.00. The highest BCUT2D eigenvalue weighted by Gasteiger charge is 2.14. The van der Waals surface area contributed by atoms with Gasteiger partial charge in [-0.2, -0.15) is 0 Å². The fourth-order valence-electron chi connectivity index (χ4n) is 2.36. The van der Waals surface area contributed by atoms with E-state index in [1.165, 1.54) is 20.4 Å². The lowest BCUT2D eigenvalue weighted by Crippen LogP contribution is -2.21. The van der Waals surface area contributed by atoms with Crippen LogP contribution in [-0.2, 0) is 9.53 Å². The second-order valence-electron chi connectivity index (χ2n) is 5.43. The van der Waals surface area contributed by atoms with Gasteiger partial charge in [0.2, 0.25) is 0 Å². The number of nitrogens with one attached hydrogen (secondary N) is 1. The van der Waals surface area contributed by atoms with Gasteiger partial charge in [-0.15, -0.1) is 0 Å². The number of para-hydroxylation sites is 2. The van der Waals surface area contributed by atoms with Gasteiger partial charge in [-0.3, -0.25) is 9.78 Å². The number of amides is 1. The smallest absolute Gasteiger partial charge is 0.359 e. The van der Waals surface area contributed by atoms with Crippen molar-refractivity contribution in [3.63, 3.8) is 0 Å². The Morgan fingerprint density at radius 2 is 1.81 bits per heavy atom. The van der Waals surface area contributed by atoms with E-state index in [1.807, 2.05) is 6.07 Å². The van der Waals surface area contributed by atoms with E-state index < -0.39 is 18.5 Å². The maximum Gasteiger partial charge on any atom is 0.359 e. The molecule has 0 aliphatic heterocycles. The quantitative estimate of drug-likeness (QED) is 0.668. The van der Waals surface area contributed by atoms with Gasteiger partial charge in [0.1, 0.15) is 11.5 Å². The molecule has 8 heteroatoms. The zero-order valence-electron chi connectivity index (χ0n) is 14.8. The van der Waals surface area contributed by atoms with Gasteiger partial charge in [-0.1, -0.05) is 12.1 Å². The van der Waals surface area contributed by atoms with Crippen LogP contribution in [0.15, 0.2) is 48.7 Å². The van der Waals surface area contributed by atoms with E-state index in [1.54, 1.807) is 36.4 Å². The van der Waals surface area contributed by atoms with Crippen molar-refractivity contribution in [1.82, 2.24) is 9.97 Å². The number of hydrogen-bond donors (Lipinski definition) is 1. The van der Waals surface area contributed by atoms with Gasteiger partial charge in [0.15, 0.2) is 12.3 Å². The van der Waals surface area contributed by atoms with E-state index in [0.717, 1.165) is 0 Å². The molecule has 1 aromatic heterocycles. The zero-order chi connectivity index (χ0) is 19.2. The molecule has 1 heterocycles. The third-order valence-electron chi connectivity index (χ3n) is 3.67. The first-order valence-corrected chi connectivity index (χ1v) is 8.01. The average Bonchev–Trinajstić information content (AvgIpc) is 2.71. The van der Waals surface area contributed by atoms with Crippen LogP contribution < -0.4 is 14.8 Å². The van der Waals surface area contributed by atoms with E-state index >= 15 is 0 Å². The number of nitrogens with zero attached hydrogens (tertiary/aromatic N) is 2. The van der Waals surface area contributed by atoms with Crippen molar-refractivity contribution in [2.75, 3.05) is 26.1 Å². The molecule has 0 aliphatic rings. The van der Waals surface area contributed by atoms with Crippen molar-refractivity contribution in [1.29, 1.82) is 0 Å². The first-order valence-electron chi connectivity index (χ1n) is 8.01. The lowest BCUT2D eigenvalue weighted by Gasteiger charge is -2.12. The SMILES string of the molecule is COc1ccc(OC)c(NC(=O)COC(=O)c2cnc3ccccc3n2)c1. The number of ether oxygens (including phenoxy) is 3. The largest absolute Gasteiger partial charge is 0.497 e. The minimum atomic E-state index is -0.735. The van der Waals surface area contributed by atoms with Crippen LogP contribution in [0.2, 0.25) is 0 Å². The molecule has 0 saturated heterocycles. The highest BCUT2D eigenvalue weighted by Crippen LogP contribution is 2.28. The summed E-state index contributed by atoms with van der Waals surface area (Å²) in [6.45, 7) is -0.478. The van der Waals surface area contributed by atoms with Crippen LogP contribution in [0.3, 0.4) is 0 Å². The molecule has 0 spiro atoms. The zero-order valence-corrected chi connectivity index (χ0v) is 14.8. The highest BCUT2D eigenvalue weighted by atomic mass is 16.5. The van der Waals surface area contributed by atoms with Gasteiger partial charge >= 0.3 is 5.97 Å². The number of carbonyl (C=O) groups is 2. The molecule has 27 heavy (non-hydrogen) atoms. The molecule has 0 radical (unpaired) electrons. The predicted octanol–water partition coefficient (Wildman–Crippen LogP) is 2.44. The van der Waals surface area contributed by atoms with Gasteiger partial charge in [0.25, 0.3) is 5.91 Å². The molecule has 3 rings (SSSR count). The van der Waals surface area contributed by atoms with Crippen molar-refractivity contribution in [3.05, 3.63) is 54.4 Å². The summed E-state index contributed by atoms with van der Waals surface area (Å²) in [5.41, 5.74) is 1.67. The molecule has 0 unspecified atom stereocenters. The molecule has 1 N–H and O–H groups in total. The number of fused-ring (bicyclic) bond motifs is 1. The van der Waals surface area contributed by atoms with Crippen LogP contribution in [0.1, 0.15) is 10.5 Å². The maximum absolute atomic E-state index is 12.1. The molecule has 0 atom stereocenters. The predicted molar refractivity (Wildman–Crippen MR) is 98.0 cm³/mol. The van der Waals surface area contributed by atoms with Crippen molar-refractivity contribution >= 4 is 28.6 Å². The third-order valence-corrected chi connectivity index (χ3v) is 3.67. The van der Waals surface area contributed by atoms with E-state index in [-0.39, 0.29) is 5.69 Å². The molecule has 0 saturated carbocycles. The summed E-state index contributed by atoms with van der Waals surface area (Å²) in [5.74, 6) is -0.255. The van der Waals surface area contributed by atoms with Gasteiger partial charge in [0.05, 0.1) is 37.1 Å². The second-order valence-corrected chi connectivity index (χ2v) is 5.43. The van der Waals surface area contributed by atoms with Gasteiger partial charge in [-0.05, 0) is 24.3 Å². The fraction of sp³-hybridized carbons (Fsp3) is 0.158. The molecule has 2 aromatic carbocycles. The van der Waals surface area contributed by atoms with E-state index in [9.17, 15) is 9.59 Å². The molecule has 0 fully saturated rings.